The standard InChI is InChI=1S/C14H25NO2/c1-11(13(16)17)5-8-15-9-6-12(7-10-15)14(2,3)4/h5,12H,6-10H2,1-4H3,(H,16,17). The molecule has 1 saturated heterocycles. The van der Waals surface area contributed by atoms with Crippen molar-refractivity contribution in [2.24, 2.45) is 11.3 Å². The number of piperidine rings is 1. The van der Waals surface area contributed by atoms with Gasteiger partial charge in [0.1, 0.15) is 0 Å². The van der Waals surface area contributed by atoms with Crippen molar-refractivity contribution in [2.75, 3.05) is 19.6 Å². The summed E-state index contributed by atoms with van der Waals surface area (Å²) < 4.78 is 0. The number of aliphatic carboxylic acids is 1. The summed E-state index contributed by atoms with van der Waals surface area (Å²) in [4.78, 5) is 13.0. The van der Waals surface area contributed by atoms with Crippen LogP contribution in [0.1, 0.15) is 40.5 Å². The Morgan fingerprint density at radius 3 is 2.29 bits per heavy atom. The highest BCUT2D eigenvalue weighted by atomic mass is 16.4. The average Bonchev–Trinajstić information content (AvgIpc) is 2.25. The largest absolute Gasteiger partial charge is 0.478 e. The molecule has 98 valence electrons. The van der Waals surface area contributed by atoms with Crippen molar-refractivity contribution in [3.8, 4) is 0 Å². The molecule has 0 aliphatic carbocycles. The van der Waals surface area contributed by atoms with Crippen LogP contribution in [0.5, 0.6) is 0 Å². The minimum Gasteiger partial charge on any atom is -0.478 e. The molecule has 1 fully saturated rings. The number of carboxylic acid groups (broad SMARTS) is 1. The van der Waals surface area contributed by atoms with Crippen LogP contribution in [0.15, 0.2) is 11.6 Å². The Morgan fingerprint density at radius 2 is 1.88 bits per heavy atom. The zero-order valence-electron chi connectivity index (χ0n) is 11.5. The van der Waals surface area contributed by atoms with Crippen molar-refractivity contribution >= 4 is 5.97 Å². The van der Waals surface area contributed by atoms with Gasteiger partial charge in [0.2, 0.25) is 0 Å². The predicted octanol–water partition coefficient (Wildman–Crippen LogP) is 2.78. The number of hydrogen-bond acceptors (Lipinski definition) is 2. The maximum atomic E-state index is 10.7. The second kappa shape index (κ2) is 5.67. The molecule has 1 aliphatic rings. The lowest BCUT2D eigenvalue weighted by Gasteiger charge is -2.38. The Morgan fingerprint density at radius 1 is 1.35 bits per heavy atom. The molecule has 0 spiro atoms. The molecule has 17 heavy (non-hydrogen) atoms. The third-order valence-electron chi connectivity index (χ3n) is 3.81. The highest BCUT2D eigenvalue weighted by Crippen LogP contribution is 2.34. The van der Waals surface area contributed by atoms with E-state index in [9.17, 15) is 4.79 Å². The number of rotatable bonds is 3. The van der Waals surface area contributed by atoms with Gasteiger partial charge < -0.3 is 5.11 Å². The van der Waals surface area contributed by atoms with E-state index in [-0.39, 0.29) is 0 Å². The lowest BCUT2D eigenvalue weighted by molar-refractivity contribution is -0.132. The van der Waals surface area contributed by atoms with Gasteiger partial charge in [-0.3, -0.25) is 4.90 Å². The van der Waals surface area contributed by atoms with Gasteiger partial charge in [0.25, 0.3) is 0 Å². The Bertz CT molecular complexity index is 294. The number of carbonyl (C=O) groups is 1. The van der Waals surface area contributed by atoms with Gasteiger partial charge in [-0.1, -0.05) is 26.8 Å². The predicted molar refractivity (Wildman–Crippen MR) is 70.0 cm³/mol. The molecule has 0 atom stereocenters. The van der Waals surface area contributed by atoms with Crippen molar-refractivity contribution < 1.29 is 9.90 Å². The fraction of sp³-hybridized carbons (Fsp3) is 0.786. The summed E-state index contributed by atoms with van der Waals surface area (Å²) in [6, 6.07) is 0. The van der Waals surface area contributed by atoms with Gasteiger partial charge in [-0.2, -0.15) is 0 Å². The van der Waals surface area contributed by atoms with Gasteiger partial charge in [-0.15, -0.1) is 0 Å². The zero-order valence-corrected chi connectivity index (χ0v) is 11.5. The SMILES string of the molecule is CC(=CCN1CCC(C(C)(C)C)CC1)C(=O)O. The Kier molecular flexibility index (Phi) is 4.75. The highest BCUT2D eigenvalue weighted by molar-refractivity contribution is 5.85. The summed E-state index contributed by atoms with van der Waals surface area (Å²) in [5.41, 5.74) is 0.849. The molecule has 1 aliphatic heterocycles. The minimum atomic E-state index is -0.811. The first-order valence-electron chi connectivity index (χ1n) is 6.43. The van der Waals surface area contributed by atoms with Crippen LogP contribution in [-0.2, 0) is 4.79 Å². The molecule has 1 N–H and O–H groups in total. The Hall–Kier alpha value is -0.830. The molecule has 0 amide bonds. The third kappa shape index (κ3) is 4.50. The van der Waals surface area contributed by atoms with Crippen LogP contribution in [-0.4, -0.2) is 35.6 Å². The summed E-state index contributed by atoms with van der Waals surface area (Å²) in [7, 11) is 0. The number of likely N-dealkylation sites (tertiary alicyclic amines) is 1. The minimum absolute atomic E-state index is 0.402. The molecule has 3 heteroatoms. The first-order valence-corrected chi connectivity index (χ1v) is 6.43. The van der Waals surface area contributed by atoms with E-state index in [1.54, 1.807) is 6.92 Å². The maximum absolute atomic E-state index is 10.7. The molecular formula is C14H25NO2. The Labute approximate surface area is 105 Å². The van der Waals surface area contributed by atoms with Crippen LogP contribution in [0.3, 0.4) is 0 Å². The second-order valence-corrected chi connectivity index (χ2v) is 6.13. The van der Waals surface area contributed by atoms with E-state index >= 15 is 0 Å². The number of nitrogens with zero attached hydrogens (tertiary/aromatic N) is 1. The molecule has 0 radical (unpaired) electrons. The van der Waals surface area contributed by atoms with E-state index in [0.717, 1.165) is 25.6 Å². The molecule has 3 nitrogen and oxygen atoms in total. The van der Waals surface area contributed by atoms with E-state index in [1.807, 2.05) is 6.08 Å². The van der Waals surface area contributed by atoms with Gasteiger partial charge in [0, 0.05) is 12.1 Å². The summed E-state index contributed by atoms with van der Waals surface area (Å²) in [5.74, 6) is -0.0159. The van der Waals surface area contributed by atoms with Crippen molar-refractivity contribution in [1.29, 1.82) is 0 Å². The van der Waals surface area contributed by atoms with Crippen LogP contribution >= 0.6 is 0 Å². The van der Waals surface area contributed by atoms with E-state index in [4.69, 9.17) is 5.11 Å². The summed E-state index contributed by atoms with van der Waals surface area (Å²) in [5, 5.41) is 8.77. The van der Waals surface area contributed by atoms with Crippen LogP contribution in [0.2, 0.25) is 0 Å². The van der Waals surface area contributed by atoms with Crippen LogP contribution in [0, 0.1) is 11.3 Å². The van der Waals surface area contributed by atoms with Crippen LogP contribution in [0.25, 0.3) is 0 Å². The van der Waals surface area contributed by atoms with Crippen molar-refractivity contribution in [3.05, 3.63) is 11.6 Å². The van der Waals surface area contributed by atoms with Gasteiger partial charge in [0.05, 0.1) is 0 Å². The molecule has 0 saturated carbocycles. The van der Waals surface area contributed by atoms with Gasteiger partial charge in [0.15, 0.2) is 0 Å². The molecule has 0 bridgehead atoms. The molecule has 0 aromatic carbocycles. The van der Waals surface area contributed by atoms with Crippen molar-refractivity contribution in [3.63, 3.8) is 0 Å². The number of carboxylic acids is 1. The molecule has 1 heterocycles. The van der Waals surface area contributed by atoms with Crippen LogP contribution in [0.4, 0.5) is 0 Å². The normalized spacial score (nSPS) is 20.6. The lowest BCUT2D eigenvalue weighted by Crippen LogP contribution is -2.38. The average molecular weight is 239 g/mol. The second-order valence-electron chi connectivity index (χ2n) is 6.13. The fourth-order valence-corrected chi connectivity index (χ4v) is 2.33. The van der Waals surface area contributed by atoms with Gasteiger partial charge in [-0.05, 0) is 44.2 Å². The molecular weight excluding hydrogens is 214 g/mol. The van der Waals surface area contributed by atoms with Crippen LogP contribution < -0.4 is 0 Å². The summed E-state index contributed by atoms with van der Waals surface area (Å²) in [6.45, 7) is 11.5. The van der Waals surface area contributed by atoms with Gasteiger partial charge >= 0.3 is 5.97 Å². The van der Waals surface area contributed by atoms with E-state index in [2.05, 4.69) is 25.7 Å². The first-order chi connectivity index (χ1) is 7.80. The van der Waals surface area contributed by atoms with Crippen molar-refractivity contribution in [1.82, 2.24) is 4.90 Å². The highest BCUT2D eigenvalue weighted by Gasteiger charge is 2.28. The Balaban J connectivity index is 2.38. The molecule has 1 rings (SSSR count). The first kappa shape index (κ1) is 14.2. The number of hydrogen-bond donors (Lipinski definition) is 1. The molecule has 0 unspecified atom stereocenters. The monoisotopic (exact) mass is 239 g/mol. The molecule has 0 aromatic rings. The zero-order chi connectivity index (χ0) is 13.1. The van der Waals surface area contributed by atoms with E-state index < -0.39 is 5.97 Å². The molecule has 0 aromatic heterocycles. The summed E-state index contributed by atoms with van der Waals surface area (Å²) in [6.07, 6.45) is 4.27. The fourth-order valence-electron chi connectivity index (χ4n) is 2.33. The maximum Gasteiger partial charge on any atom is 0.330 e. The van der Waals surface area contributed by atoms with E-state index in [1.165, 1.54) is 12.8 Å². The third-order valence-corrected chi connectivity index (χ3v) is 3.81. The summed E-state index contributed by atoms with van der Waals surface area (Å²) >= 11 is 0. The van der Waals surface area contributed by atoms with Gasteiger partial charge in [-0.25, -0.2) is 4.79 Å². The quantitative estimate of drug-likeness (QED) is 0.770. The van der Waals surface area contributed by atoms with E-state index in [0.29, 0.717) is 11.0 Å². The smallest absolute Gasteiger partial charge is 0.330 e. The van der Waals surface area contributed by atoms with Crippen molar-refractivity contribution in [2.45, 2.75) is 40.5 Å². The lowest BCUT2D eigenvalue weighted by atomic mass is 9.75. The topological polar surface area (TPSA) is 40.5 Å².